The third-order valence-corrected chi connectivity index (χ3v) is 2.57. The highest BCUT2D eigenvalue weighted by Gasteiger charge is 2.21. The molecule has 1 amide bonds. The normalized spacial score (nSPS) is 13.9. The molecule has 0 saturated heterocycles. The lowest BCUT2D eigenvalue weighted by molar-refractivity contribution is 0.0118. The van der Waals surface area contributed by atoms with Crippen molar-refractivity contribution in [3.8, 4) is 0 Å². The molecule has 0 spiro atoms. The zero-order valence-electron chi connectivity index (χ0n) is 10.4. The molecule has 0 saturated carbocycles. The van der Waals surface area contributed by atoms with Gasteiger partial charge in [0.1, 0.15) is 12.2 Å². The molecule has 0 aliphatic carbocycles. The van der Waals surface area contributed by atoms with Gasteiger partial charge in [0, 0.05) is 6.54 Å². The van der Waals surface area contributed by atoms with Gasteiger partial charge in [0.15, 0.2) is 0 Å². The highest BCUT2D eigenvalue weighted by atomic mass is 16.6. The van der Waals surface area contributed by atoms with E-state index in [0.717, 1.165) is 11.1 Å². The van der Waals surface area contributed by atoms with Crippen LogP contribution in [-0.4, -0.2) is 23.8 Å². The Morgan fingerprint density at radius 3 is 2.71 bits per heavy atom. The lowest BCUT2D eigenvalue weighted by Crippen LogP contribution is -2.30. The number of rotatable bonds is 4. The zero-order valence-corrected chi connectivity index (χ0v) is 10.4. The minimum atomic E-state index is -0.807. The van der Waals surface area contributed by atoms with E-state index >= 15 is 0 Å². The molecule has 2 N–H and O–H groups in total. The SMILES string of the molecule is CCNC(=O)O[C@@H](C)[C@@H](O)c1ccccc1C. The van der Waals surface area contributed by atoms with Crippen LogP contribution in [-0.2, 0) is 4.74 Å². The van der Waals surface area contributed by atoms with Crippen molar-refractivity contribution in [1.82, 2.24) is 5.32 Å². The van der Waals surface area contributed by atoms with Gasteiger partial charge in [-0.1, -0.05) is 24.3 Å². The maximum atomic E-state index is 11.2. The van der Waals surface area contributed by atoms with Crippen molar-refractivity contribution < 1.29 is 14.6 Å². The minimum absolute atomic E-state index is 0.506. The fraction of sp³-hybridized carbons (Fsp3) is 0.462. The average Bonchev–Trinajstić information content (AvgIpc) is 2.29. The van der Waals surface area contributed by atoms with Gasteiger partial charge < -0.3 is 15.2 Å². The number of aryl methyl sites for hydroxylation is 1. The van der Waals surface area contributed by atoms with Crippen LogP contribution in [0, 0.1) is 6.92 Å². The third-order valence-electron chi connectivity index (χ3n) is 2.57. The number of carbonyl (C=O) groups is 1. The number of nitrogens with one attached hydrogen (secondary N) is 1. The van der Waals surface area contributed by atoms with E-state index in [1.54, 1.807) is 6.92 Å². The van der Waals surface area contributed by atoms with Gasteiger partial charge in [-0.15, -0.1) is 0 Å². The van der Waals surface area contributed by atoms with Crippen LogP contribution in [0.1, 0.15) is 31.1 Å². The molecule has 0 radical (unpaired) electrons. The number of aliphatic hydroxyl groups is 1. The number of hydrogen-bond acceptors (Lipinski definition) is 3. The fourth-order valence-corrected chi connectivity index (χ4v) is 1.59. The first-order valence-electron chi connectivity index (χ1n) is 5.74. The van der Waals surface area contributed by atoms with E-state index in [-0.39, 0.29) is 0 Å². The smallest absolute Gasteiger partial charge is 0.407 e. The number of aliphatic hydroxyl groups excluding tert-OH is 1. The second-order valence-corrected chi connectivity index (χ2v) is 3.94. The van der Waals surface area contributed by atoms with E-state index in [4.69, 9.17) is 4.74 Å². The topological polar surface area (TPSA) is 58.6 Å². The number of benzene rings is 1. The van der Waals surface area contributed by atoms with Gasteiger partial charge in [0.2, 0.25) is 0 Å². The summed E-state index contributed by atoms with van der Waals surface area (Å²) in [4.78, 5) is 11.2. The molecule has 2 atom stereocenters. The monoisotopic (exact) mass is 237 g/mol. The van der Waals surface area contributed by atoms with Gasteiger partial charge in [-0.2, -0.15) is 0 Å². The molecular formula is C13H19NO3. The second-order valence-electron chi connectivity index (χ2n) is 3.94. The van der Waals surface area contributed by atoms with Gasteiger partial charge in [0.05, 0.1) is 0 Å². The van der Waals surface area contributed by atoms with Crippen molar-refractivity contribution >= 4 is 6.09 Å². The van der Waals surface area contributed by atoms with Gasteiger partial charge in [-0.25, -0.2) is 4.79 Å². The molecule has 0 fully saturated rings. The van der Waals surface area contributed by atoms with Crippen LogP contribution in [0.5, 0.6) is 0 Å². The van der Waals surface area contributed by atoms with Crippen molar-refractivity contribution in [2.75, 3.05) is 6.54 Å². The molecule has 1 rings (SSSR count). The van der Waals surface area contributed by atoms with Crippen LogP contribution in [0.3, 0.4) is 0 Å². The van der Waals surface area contributed by atoms with Crippen LogP contribution in [0.25, 0.3) is 0 Å². The predicted molar refractivity (Wildman–Crippen MR) is 65.8 cm³/mol. The highest BCUT2D eigenvalue weighted by molar-refractivity contribution is 5.67. The lowest BCUT2D eigenvalue weighted by Gasteiger charge is -2.21. The summed E-state index contributed by atoms with van der Waals surface area (Å²) in [6, 6.07) is 7.50. The molecule has 94 valence electrons. The highest BCUT2D eigenvalue weighted by Crippen LogP contribution is 2.22. The van der Waals surface area contributed by atoms with Crippen molar-refractivity contribution in [3.05, 3.63) is 35.4 Å². The molecule has 0 aliphatic rings. The Bertz CT molecular complexity index is 379. The Morgan fingerprint density at radius 1 is 1.47 bits per heavy atom. The molecule has 17 heavy (non-hydrogen) atoms. The van der Waals surface area contributed by atoms with E-state index in [1.165, 1.54) is 0 Å². The Morgan fingerprint density at radius 2 is 2.12 bits per heavy atom. The number of carbonyl (C=O) groups excluding carboxylic acids is 1. The Labute approximate surface area is 102 Å². The van der Waals surface area contributed by atoms with Crippen LogP contribution < -0.4 is 5.32 Å². The first-order valence-corrected chi connectivity index (χ1v) is 5.74. The van der Waals surface area contributed by atoms with Crippen LogP contribution in [0.15, 0.2) is 24.3 Å². The van der Waals surface area contributed by atoms with E-state index in [9.17, 15) is 9.90 Å². The van der Waals surface area contributed by atoms with Crippen molar-refractivity contribution in [3.63, 3.8) is 0 Å². The van der Waals surface area contributed by atoms with Gasteiger partial charge in [-0.3, -0.25) is 0 Å². The predicted octanol–water partition coefficient (Wildman–Crippen LogP) is 2.16. The van der Waals surface area contributed by atoms with E-state index in [1.807, 2.05) is 38.1 Å². The molecule has 0 unspecified atom stereocenters. The van der Waals surface area contributed by atoms with Gasteiger partial charge in [-0.05, 0) is 31.9 Å². The first kappa shape index (κ1) is 13.5. The average molecular weight is 237 g/mol. The summed E-state index contributed by atoms with van der Waals surface area (Å²) in [5, 5.41) is 12.6. The molecule has 0 aromatic heterocycles. The number of amides is 1. The lowest BCUT2D eigenvalue weighted by atomic mass is 10.0. The summed E-state index contributed by atoms with van der Waals surface area (Å²) < 4.78 is 5.06. The summed E-state index contributed by atoms with van der Waals surface area (Å²) in [6.07, 6.45) is -1.89. The van der Waals surface area contributed by atoms with Crippen LogP contribution >= 0.6 is 0 Å². The fourth-order valence-electron chi connectivity index (χ4n) is 1.59. The molecule has 4 heteroatoms. The Kier molecular flexibility index (Phi) is 4.97. The van der Waals surface area contributed by atoms with Crippen molar-refractivity contribution in [2.45, 2.75) is 33.0 Å². The minimum Gasteiger partial charge on any atom is -0.443 e. The number of hydrogen-bond donors (Lipinski definition) is 2. The molecule has 1 aromatic rings. The van der Waals surface area contributed by atoms with E-state index in [2.05, 4.69) is 5.32 Å². The molecule has 1 aromatic carbocycles. The van der Waals surface area contributed by atoms with Crippen LogP contribution in [0.4, 0.5) is 4.79 Å². The molecular weight excluding hydrogens is 218 g/mol. The van der Waals surface area contributed by atoms with Crippen molar-refractivity contribution in [1.29, 1.82) is 0 Å². The maximum Gasteiger partial charge on any atom is 0.407 e. The standard InChI is InChI=1S/C13H19NO3/c1-4-14-13(16)17-10(3)12(15)11-8-6-5-7-9(11)2/h5-8,10,12,15H,4H2,1-3H3,(H,14,16)/t10-,12+/m0/s1. The largest absolute Gasteiger partial charge is 0.443 e. The summed E-state index contributed by atoms with van der Waals surface area (Å²) in [7, 11) is 0. The van der Waals surface area contributed by atoms with E-state index in [0.29, 0.717) is 6.54 Å². The summed E-state index contributed by atoms with van der Waals surface area (Å²) in [5.41, 5.74) is 1.76. The molecule has 4 nitrogen and oxygen atoms in total. The third kappa shape index (κ3) is 3.75. The zero-order chi connectivity index (χ0) is 12.8. The maximum absolute atomic E-state index is 11.2. The number of alkyl carbamates (subject to hydrolysis) is 1. The van der Waals surface area contributed by atoms with Gasteiger partial charge in [0.25, 0.3) is 0 Å². The molecule has 0 heterocycles. The van der Waals surface area contributed by atoms with Gasteiger partial charge >= 0.3 is 6.09 Å². The Hall–Kier alpha value is -1.55. The summed E-state index contributed by atoms with van der Waals surface area (Å²) >= 11 is 0. The molecule has 0 bridgehead atoms. The second kappa shape index (κ2) is 6.25. The van der Waals surface area contributed by atoms with Crippen molar-refractivity contribution in [2.24, 2.45) is 0 Å². The quantitative estimate of drug-likeness (QED) is 0.843. The van der Waals surface area contributed by atoms with E-state index < -0.39 is 18.3 Å². The molecule has 0 aliphatic heterocycles. The first-order chi connectivity index (χ1) is 8.06. The Balaban J connectivity index is 2.67. The number of ether oxygens (including phenoxy) is 1. The van der Waals surface area contributed by atoms with Crippen LogP contribution in [0.2, 0.25) is 0 Å². The summed E-state index contributed by atoms with van der Waals surface area (Å²) in [6.45, 7) is 5.90. The summed E-state index contributed by atoms with van der Waals surface area (Å²) in [5.74, 6) is 0.